The Labute approximate surface area is 169 Å². The maximum absolute atomic E-state index is 4.83. The summed E-state index contributed by atoms with van der Waals surface area (Å²) in [5, 5.41) is 0. The van der Waals surface area contributed by atoms with E-state index < -0.39 is 0 Å². The quantitative estimate of drug-likeness (QED) is 0.285. The van der Waals surface area contributed by atoms with Gasteiger partial charge in [0.25, 0.3) is 0 Å². The first-order valence-corrected chi connectivity index (χ1v) is 8.73. The van der Waals surface area contributed by atoms with E-state index in [2.05, 4.69) is 36.4 Å². The van der Waals surface area contributed by atoms with E-state index in [1.54, 1.807) is 0 Å². The van der Waals surface area contributed by atoms with Crippen molar-refractivity contribution in [1.82, 2.24) is 15.0 Å². The Morgan fingerprint density at radius 2 is 1.07 bits per heavy atom. The van der Waals surface area contributed by atoms with Gasteiger partial charge in [0, 0.05) is 23.5 Å². The molecule has 3 nitrogen and oxygen atoms in total. The Balaban J connectivity index is 0.00000180. The number of aromatic nitrogens is 3. The molecule has 27 heavy (non-hydrogen) atoms. The van der Waals surface area contributed by atoms with Crippen LogP contribution in [0, 0.1) is 6.07 Å². The third-order valence-corrected chi connectivity index (χ3v) is 4.55. The van der Waals surface area contributed by atoms with Crippen molar-refractivity contribution in [3.63, 3.8) is 0 Å². The average molecular weight is 398 g/mol. The summed E-state index contributed by atoms with van der Waals surface area (Å²) < 4.78 is 0. The van der Waals surface area contributed by atoms with Crippen molar-refractivity contribution in [2.45, 2.75) is 12.8 Å². The third-order valence-electron chi connectivity index (χ3n) is 4.55. The van der Waals surface area contributed by atoms with Crippen LogP contribution in [0.25, 0.3) is 22.6 Å². The van der Waals surface area contributed by atoms with Crippen molar-refractivity contribution in [2.75, 3.05) is 0 Å². The van der Waals surface area contributed by atoms with Crippen molar-refractivity contribution >= 4 is 0 Å². The Morgan fingerprint density at radius 3 is 1.74 bits per heavy atom. The standard InChI is InChI=1S/C23H16N3.Cu/c1-5-16-13-17(6-1)21-10-2-8-19(24-21)15-20-9-4-12-23(26-20)22-11-3-7-18(14-16)25-22;/h1-12H,14-15H2;/q-1;+1. The predicted molar refractivity (Wildman–Crippen MR) is 102 cm³/mol. The van der Waals surface area contributed by atoms with Crippen LogP contribution in [-0.4, -0.2) is 15.0 Å². The van der Waals surface area contributed by atoms with Gasteiger partial charge in [-0.25, -0.2) is 0 Å². The maximum Gasteiger partial charge on any atom is 1.00 e. The first kappa shape index (κ1) is 17.6. The minimum atomic E-state index is 0. The second kappa shape index (κ2) is 7.43. The van der Waals surface area contributed by atoms with Gasteiger partial charge in [0.15, 0.2) is 0 Å². The fourth-order valence-corrected chi connectivity index (χ4v) is 3.32. The molecule has 0 radical (unpaired) electrons. The molecule has 8 bridgehead atoms. The van der Waals surface area contributed by atoms with Crippen LogP contribution in [0.1, 0.15) is 22.6 Å². The van der Waals surface area contributed by atoms with E-state index in [0.29, 0.717) is 6.42 Å². The molecule has 4 aromatic rings. The van der Waals surface area contributed by atoms with E-state index in [4.69, 9.17) is 15.0 Å². The van der Waals surface area contributed by atoms with Gasteiger partial charge < -0.3 is 4.98 Å². The largest absolute Gasteiger partial charge is 1.00 e. The molecular formula is C23H16CuN3. The molecule has 134 valence electrons. The Hall–Kier alpha value is -2.81. The first-order valence-electron chi connectivity index (χ1n) is 8.73. The molecule has 1 aliphatic rings. The zero-order valence-electron chi connectivity index (χ0n) is 14.5. The van der Waals surface area contributed by atoms with Crippen molar-refractivity contribution in [3.05, 3.63) is 102 Å². The molecule has 0 saturated carbocycles. The second-order valence-electron chi connectivity index (χ2n) is 6.49. The van der Waals surface area contributed by atoms with Crippen molar-refractivity contribution in [3.8, 4) is 22.6 Å². The normalized spacial score (nSPS) is 11.9. The summed E-state index contributed by atoms with van der Waals surface area (Å²) in [6, 6.07) is 28.1. The minimum absolute atomic E-state index is 0. The zero-order chi connectivity index (χ0) is 17.3. The number of pyridine rings is 3. The number of rotatable bonds is 0. The Kier molecular flexibility index (Phi) is 4.84. The molecule has 0 N–H and O–H groups in total. The van der Waals surface area contributed by atoms with E-state index in [1.165, 1.54) is 0 Å². The summed E-state index contributed by atoms with van der Waals surface area (Å²) in [6.45, 7) is 0. The van der Waals surface area contributed by atoms with Crippen LogP contribution >= 0.6 is 0 Å². The second-order valence-corrected chi connectivity index (χ2v) is 6.49. The molecule has 5 rings (SSSR count). The van der Waals surface area contributed by atoms with E-state index in [0.717, 1.165) is 51.7 Å². The van der Waals surface area contributed by atoms with Gasteiger partial charge in [-0.2, -0.15) is 0 Å². The van der Waals surface area contributed by atoms with Gasteiger partial charge in [-0.05, 0) is 42.4 Å². The van der Waals surface area contributed by atoms with Gasteiger partial charge in [0.05, 0.1) is 11.4 Å². The molecule has 0 saturated heterocycles. The molecule has 0 spiro atoms. The van der Waals surface area contributed by atoms with Crippen molar-refractivity contribution in [1.29, 1.82) is 0 Å². The molecule has 3 aromatic heterocycles. The van der Waals surface area contributed by atoms with E-state index in [-0.39, 0.29) is 17.1 Å². The molecular weight excluding hydrogens is 382 g/mol. The molecule has 0 atom stereocenters. The molecule has 4 heterocycles. The van der Waals surface area contributed by atoms with Crippen LogP contribution in [0.15, 0.2) is 72.8 Å². The monoisotopic (exact) mass is 397 g/mol. The van der Waals surface area contributed by atoms with Crippen LogP contribution in [0.4, 0.5) is 0 Å². The van der Waals surface area contributed by atoms with Gasteiger partial charge in [-0.3, -0.25) is 9.97 Å². The SMILES string of the molecule is [Cu+].[c-]1c2cccc1-c1cccc(n1)Cc1cccc(n1)-c1cccc(n1)C2. The fourth-order valence-electron chi connectivity index (χ4n) is 3.32. The summed E-state index contributed by atoms with van der Waals surface area (Å²) in [5.41, 5.74) is 7.88. The topological polar surface area (TPSA) is 38.7 Å². The Bertz CT molecular complexity index is 932. The number of nitrogens with zero attached hydrogens (tertiary/aromatic N) is 3. The average Bonchev–Trinajstić information content (AvgIpc) is 2.68. The summed E-state index contributed by atoms with van der Waals surface area (Å²) in [5.74, 6) is 0. The van der Waals surface area contributed by atoms with Crippen LogP contribution in [-0.2, 0) is 29.9 Å². The molecule has 0 aliphatic carbocycles. The smallest absolute Gasteiger partial charge is 0.301 e. The zero-order valence-corrected chi connectivity index (χ0v) is 15.4. The molecule has 0 unspecified atom stereocenters. The van der Waals surface area contributed by atoms with Gasteiger partial charge >= 0.3 is 17.1 Å². The van der Waals surface area contributed by atoms with E-state index >= 15 is 0 Å². The van der Waals surface area contributed by atoms with Gasteiger partial charge in [0.2, 0.25) is 0 Å². The number of fused-ring (bicyclic) bond motifs is 10. The minimum Gasteiger partial charge on any atom is -0.301 e. The van der Waals surface area contributed by atoms with Crippen LogP contribution < -0.4 is 0 Å². The fraction of sp³-hybridized carbons (Fsp3) is 0.0870. The van der Waals surface area contributed by atoms with Crippen LogP contribution in [0.3, 0.4) is 0 Å². The summed E-state index contributed by atoms with van der Waals surface area (Å²) in [7, 11) is 0. The van der Waals surface area contributed by atoms with E-state index in [1.807, 2.05) is 42.5 Å². The summed E-state index contributed by atoms with van der Waals surface area (Å²) in [4.78, 5) is 14.5. The van der Waals surface area contributed by atoms with E-state index in [9.17, 15) is 0 Å². The molecule has 0 amide bonds. The summed E-state index contributed by atoms with van der Waals surface area (Å²) in [6.07, 6.45) is 1.43. The number of hydrogen-bond acceptors (Lipinski definition) is 3. The Morgan fingerprint density at radius 1 is 0.556 bits per heavy atom. The van der Waals surface area contributed by atoms with Gasteiger partial charge in [-0.15, -0.1) is 35.4 Å². The van der Waals surface area contributed by atoms with Crippen LogP contribution in [0.2, 0.25) is 0 Å². The van der Waals surface area contributed by atoms with Crippen LogP contribution in [0.5, 0.6) is 0 Å². The van der Waals surface area contributed by atoms with Crippen molar-refractivity contribution in [2.24, 2.45) is 0 Å². The van der Waals surface area contributed by atoms with Crippen molar-refractivity contribution < 1.29 is 17.1 Å². The third kappa shape index (κ3) is 3.68. The van der Waals surface area contributed by atoms with Gasteiger partial charge in [0.1, 0.15) is 0 Å². The summed E-state index contributed by atoms with van der Waals surface area (Å²) >= 11 is 0. The number of hydrogen-bond donors (Lipinski definition) is 0. The number of benzene rings is 1. The molecule has 0 fully saturated rings. The predicted octanol–water partition coefficient (Wildman–Crippen LogP) is 4.50. The van der Waals surface area contributed by atoms with Gasteiger partial charge in [-0.1, -0.05) is 24.3 Å². The first-order chi connectivity index (χ1) is 12.8. The maximum atomic E-state index is 4.83. The molecule has 1 aromatic carbocycles. The molecule has 4 heteroatoms. The molecule has 1 aliphatic heterocycles.